The van der Waals surface area contributed by atoms with Crippen molar-refractivity contribution in [3.63, 3.8) is 0 Å². The number of nitrogens with zero attached hydrogens (tertiary/aromatic N) is 1. The number of ketones is 2. The van der Waals surface area contributed by atoms with E-state index < -0.39 is 17.3 Å². The van der Waals surface area contributed by atoms with Crippen molar-refractivity contribution in [1.29, 1.82) is 0 Å². The average Bonchev–Trinajstić information content (AvgIpc) is 2.65. The smallest absolute Gasteiger partial charge is 0.254 e. The second-order valence-electron chi connectivity index (χ2n) is 7.25. The van der Waals surface area contributed by atoms with Crippen LogP contribution in [0.3, 0.4) is 0 Å². The Hall–Kier alpha value is -3.15. The highest BCUT2D eigenvalue weighted by Gasteiger charge is 2.35. The minimum atomic E-state index is -0.624. The lowest BCUT2D eigenvalue weighted by molar-refractivity contribution is 0.0696. The first kappa shape index (κ1) is 17.3. The molecule has 2 aromatic rings. The van der Waals surface area contributed by atoms with Gasteiger partial charge in [-0.15, -0.1) is 0 Å². The van der Waals surface area contributed by atoms with Gasteiger partial charge in [0.15, 0.2) is 5.78 Å². The molecule has 1 fully saturated rings. The highest BCUT2D eigenvalue weighted by atomic mass is 16.3. The largest absolute Gasteiger partial charge is 0.507 e. The molecular weight excluding hydrogens is 346 g/mol. The van der Waals surface area contributed by atoms with E-state index in [1.807, 2.05) is 0 Å². The van der Waals surface area contributed by atoms with E-state index in [1.54, 1.807) is 4.90 Å². The lowest BCUT2D eigenvalue weighted by Gasteiger charge is -2.30. The van der Waals surface area contributed by atoms with Gasteiger partial charge < -0.3 is 15.1 Å². The Balaban J connectivity index is 1.77. The number of fused-ring (bicyclic) bond motifs is 2. The van der Waals surface area contributed by atoms with E-state index in [1.165, 1.54) is 30.3 Å². The minimum Gasteiger partial charge on any atom is -0.507 e. The summed E-state index contributed by atoms with van der Waals surface area (Å²) in [6, 6.07) is 6.86. The van der Waals surface area contributed by atoms with Gasteiger partial charge in [0.25, 0.3) is 5.91 Å². The van der Waals surface area contributed by atoms with Crippen LogP contribution in [0.4, 0.5) is 0 Å². The Morgan fingerprint density at radius 1 is 0.963 bits per heavy atom. The second kappa shape index (κ2) is 6.23. The zero-order valence-corrected chi connectivity index (χ0v) is 14.9. The maximum atomic E-state index is 12.9. The average molecular weight is 365 g/mol. The summed E-state index contributed by atoms with van der Waals surface area (Å²) in [5.74, 6) is -1.54. The molecule has 1 amide bonds. The molecular formula is C21H19NO5. The van der Waals surface area contributed by atoms with Gasteiger partial charge in [0.05, 0.1) is 11.1 Å². The molecule has 1 aliphatic heterocycles. The molecule has 4 rings (SSSR count). The van der Waals surface area contributed by atoms with Crippen LogP contribution >= 0.6 is 0 Å². The fraction of sp³-hybridized carbons (Fsp3) is 0.286. The first-order chi connectivity index (χ1) is 12.9. The second-order valence-corrected chi connectivity index (χ2v) is 7.25. The molecule has 138 valence electrons. The fourth-order valence-electron chi connectivity index (χ4n) is 3.80. The van der Waals surface area contributed by atoms with E-state index in [4.69, 9.17) is 0 Å². The summed E-state index contributed by atoms with van der Waals surface area (Å²) in [4.78, 5) is 40.1. The van der Waals surface area contributed by atoms with Crippen molar-refractivity contribution >= 4 is 17.5 Å². The maximum Gasteiger partial charge on any atom is 0.254 e. The van der Waals surface area contributed by atoms with Gasteiger partial charge in [-0.05, 0) is 37.0 Å². The number of piperidine rings is 1. The van der Waals surface area contributed by atoms with Crippen molar-refractivity contribution in [3.05, 3.63) is 58.1 Å². The topological polar surface area (TPSA) is 94.9 Å². The summed E-state index contributed by atoms with van der Waals surface area (Å²) >= 11 is 0. The standard InChI is InChI=1S/C21H19NO5/c1-11-5-7-22(8-6-11)21(27)12-9-14-18(16(24)10-12)20(26)17-13(19(14)25)3-2-4-15(17)23/h2-4,9-11,23-24H,5-8H2,1H3. The van der Waals surface area contributed by atoms with Crippen LogP contribution in [-0.4, -0.2) is 45.7 Å². The number of benzene rings is 2. The molecule has 1 saturated heterocycles. The zero-order valence-electron chi connectivity index (χ0n) is 14.9. The van der Waals surface area contributed by atoms with Gasteiger partial charge in [0.1, 0.15) is 11.5 Å². The van der Waals surface area contributed by atoms with Crippen LogP contribution in [0, 0.1) is 5.92 Å². The molecule has 0 unspecified atom stereocenters. The predicted molar refractivity (Wildman–Crippen MR) is 97.4 cm³/mol. The summed E-state index contributed by atoms with van der Waals surface area (Å²) < 4.78 is 0. The van der Waals surface area contributed by atoms with E-state index in [2.05, 4.69) is 6.92 Å². The molecule has 0 radical (unpaired) electrons. The highest BCUT2D eigenvalue weighted by Crippen LogP contribution is 2.37. The van der Waals surface area contributed by atoms with Crippen molar-refractivity contribution in [2.75, 3.05) is 13.1 Å². The molecule has 2 aromatic carbocycles. The van der Waals surface area contributed by atoms with Crippen molar-refractivity contribution in [2.45, 2.75) is 19.8 Å². The molecule has 27 heavy (non-hydrogen) atoms. The third kappa shape index (κ3) is 2.68. The molecule has 0 saturated carbocycles. The number of hydrogen-bond donors (Lipinski definition) is 2. The van der Waals surface area contributed by atoms with Gasteiger partial charge >= 0.3 is 0 Å². The Bertz CT molecular complexity index is 986. The van der Waals surface area contributed by atoms with Crippen molar-refractivity contribution in [2.24, 2.45) is 5.92 Å². The van der Waals surface area contributed by atoms with Crippen LogP contribution in [0.25, 0.3) is 0 Å². The van der Waals surface area contributed by atoms with Crippen LogP contribution in [-0.2, 0) is 0 Å². The highest BCUT2D eigenvalue weighted by molar-refractivity contribution is 6.30. The SMILES string of the molecule is CC1CCN(C(=O)c2cc(O)c3c(c2)C(=O)c2cccc(O)c2C3=O)CC1. The van der Waals surface area contributed by atoms with Gasteiger partial charge in [-0.2, -0.15) is 0 Å². The number of amides is 1. The number of phenols is 2. The molecule has 6 nitrogen and oxygen atoms in total. The quantitative estimate of drug-likeness (QED) is 0.691. The first-order valence-corrected chi connectivity index (χ1v) is 8.96. The summed E-state index contributed by atoms with van der Waals surface area (Å²) in [6.07, 6.45) is 1.82. The number of aromatic hydroxyl groups is 2. The number of hydrogen-bond acceptors (Lipinski definition) is 5. The van der Waals surface area contributed by atoms with Gasteiger partial charge in [-0.25, -0.2) is 0 Å². The van der Waals surface area contributed by atoms with E-state index >= 15 is 0 Å². The van der Waals surface area contributed by atoms with E-state index in [-0.39, 0.29) is 39.5 Å². The van der Waals surface area contributed by atoms with E-state index in [0.29, 0.717) is 19.0 Å². The normalized spacial score (nSPS) is 16.9. The lowest BCUT2D eigenvalue weighted by Crippen LogP contribution is -2.38. The Morgan fingerprint density at radius 2 is 1.63 bits per heavy atom. The Morgan fingerprint density at radius 3 is 2.33 bits per heavy atom. The lowest BCUT2D eigenvalue weighted by atomic mass is 9.82. The van der Waals surface area contributed by atoms with Gasteiger partial charge in [-0.1, -0.05) is 19.1 Å². The Labute approximate surface area is 156 Å². The number of phenolic OH excluding ortho intramolecular Hbond substituents is 2. The van der Waals surface area contributed by atoms with Gasteiger partial charge in [0, 0.05) is 29.8 Å². The summed E-state index contributed by atoms with van der Waals surface area (Å²) in [7, 11) is 0. The summed E-state index contributed by atoms with van der Waals surface area (Å²) in [5.41, 5.74) is -0.0344. The third-order valence-corrected chi connectivity index (χ3v) is 5.42. The zero-order chi connectivity index (χ0) is 19.3. The van der Waals surface area contributed by atoms with Crippen molar-refractivity contribution in [3.8, 4) is 11.5 Å². The van der Waals surface area contributed by atoms with Crippen LogP contribution < -0.4 is 0 Å². The summed E-state index contributed by atoms with van der Waals surface area (Å²) in [6.45, 7) is 3.40. The van der Waals surface area contributed by atoms with E-state index in [9.17, 15) is 24.6 Å². The number of rotatable bonds is 1. The number of likely N-dealkylation sites (tertiary alicyclic amines) is 1. The molecule has 2 N–H and O–H groups in total. The molecule has 0 bridgehead atoms. The van der Waals surface area contributed by atoms with Crippen molar-refractivity contribution < 1.29 is 24.6 Å². The van der Waals surface area contributed by atoms with Crippen LogP contribution in [0.1, 0.15) is 62.0 Å². The number of carbonyl (C=O) groups is 3. The van der Waals surface area contributed by atoms with Gasteiger partial charge in [0.2, 0.25) is 5.78 Å². The van der Waals surface area contributed by atoms with Gasteiger partial charge in [-0.3, -0.25) is 14.4 Å². The molecule has 6 heteroatoms. The maximum absolute atomic E-state index is 12.9. The fourth-order valence-corrected chi connectivity index (χ4v) is 3.80. The Kier molecular flexibility index (Phi) is 3.98. The molecule has 2 aliphatic rings. The minimum absolute atomic E-state index is 0.00757. The third-order valence-electron chi connectivity index (χ3n) is 5.42. The van der Waals surface area contributed by atoms with Crippen molar-refractivity contribution in [1.82, 2.24) is 4.90 Å². The summed E-state index contributed by atoms with van der Waals surface area (Å²) in [5, 5.41) is 20.4. The molecule has 1 aliphatic carbocycles. The van der Waals surface area contributed by atoms with Crippen LogP contribution in [0.15, 0.2) is 30.3 Å². The number of carbonyl (C=O) groups excluding carboxylic acids is 3. The molecule has 0 aromatic heterocycles. The molecule has 0 atom stereocenters. The molecule has 0 spiro atoms. The molecule has 1 heterocycles. The monoisotopic (exact) mass is 365 g/mol. The predicted octanol–water partition coefficient (Wildman–Crippen LogP) is 2.75. The van der Waals surface area contributed by atoms with Crippen LogP contribution in [0.2, 0.25) is 0 Å². The van der Waals surface area contributed by atoms with E-state index in [0.717, 1.165) is 12.8 Å². The van der Waals surface area contributed by atoms with Crippen LogP contribution in [0.5, 0.6) is 11.5 Å². The first-order valence-electron chi connectivity index (χ1n) is 8.96.